The molecule has 2 bridgehead atoms. The number of thioether (sulfide) groups is 1. The maximum atomic E-state index is 13.2. The number of methoxy groups -OCH3 is 1. The summed E-state index contributed by atoms with van der Waals surface area (Å²) in [5.41, 5.74) is 1.62. The Bertz CT molecular complexity index is 1540. The van der Waals surface area contributed by atoms with Gasteiger partial charge in [0.1, 0.15) is 27.6 Å². The van der Waals surface area contributed by atoms with E-state index in [-0.39, 0.29) is 18.0 Å². The molecule has 2 aliphatic carbocycles. The Hall–Kier alpha value is -3.89. The highest BCUT2D eigenvalue weighted by Gasteiger charge is 2.43. The second kappa shape index (κ2) is 13.6. The van der Waals surface area contributed by atoms with E-state index >= 15 is 0 Å². The number of nitrogens with zero attached hydrogens (tertiary/aromatic N) is 1. The summed E-state index contributed by atoms with van der Waals surface area (Å²) in [5.74, 6) is 0.989. The lowest BCUT2D eigenvalue weighted by molar-refractivity contribution is -0.139. The number of hydrogen-bond acceptors (Lipinski definition) is 7. The number of rotatable bonds is 11. The first-order valence-corrected chi connectivity index (χ1v) is 15.5. The number of benzene rings is 2. The Morgan fingerprint density at radius 1 is 1.16 bits per heavy atom. The number of thiocarbonyl (C=S) groups is 1. The number of furan rings is 1. The van der Waals surface area contributed by atoms with E-state index in [1.54, 1.807) is 29.2 Å². The quantitative estimate of drug-likeness (QED) is 0.188. The summed E-state index contributed by atoms with van der Waals surface area (Å²) in [6.45, 7) is 1.92. The summed E-state index contributed by atoms with van der Waals surface area (Å²) in [4.78, 5) is 39.7. The van der Waals surface area contributed by atoms with Crippen LogP contribution in [-0.4, -0.2) is 51.8 Å². The summed E-state index contributed by atoms with van der Waals surface area (Å²) in [6, 6.07) is 16.9. The molecule has 4 unspecified atom stereocenters. The molecule has 5 rings (SSSR count). The van der Waals surface area contributed by atoms with Crippen LogP contribution in [-0.2, 0) is 16.0 Å². The van der Waals surface area contributed by atoms with E-state index in [1.165, 1.54) is 38.1 Å². The molecular formula is C33H34N2O6S2. The molecule has 3 aromatic rings. The van der Waals surface area contributed by atoms with Crippen molar-refractivity contribution in [1.82, 2.24) is 10.2 Å². The highest BCUT2D eigenvalue weighted by atomic mass is 32.2. The minimum Gasteiger partial charge on any atom is -0.496 e. The summed E-state index contributed by atoms with van der Waals surface area (Å²) >= 11 is 7.02. The van der Waals surface area contributed by atoms with Gasteiger partial charge in [-0.2, -0.15) is 0 Å². The SMILES string of the molecule is COc1ccc(-c2ccc(C=C(C)SC(=S)N(C=O)C3CC4CCC3C4)o2)cc1C(=O)NC(Cc1ccccc1)C(=O)O. The molecule has 2 aliphatic rings. The minimum absolute atomic E-state index is 0.144. The van der Waals surface area contributed by atoms with Gasteiger partial charge in [-0.15, -0.1) is 0 Å². The Kier molecular flexibility index (Phi) is 9.67. The lowest BCUT2D eigenvalue weighted by Gasteiger charge is -2.31. The van der Waals surface area contributed by atoms with E-state index in [4.69, 9.17) is 21.4 Å². The maximum Gasteiger partial charge on any atom is 0.326 e. The van der Waals surface area contributed by atoms with E-state index in [2.05, 4.69) is 5.32 Å². The molecule has 0 spiro atoms. The number of carboxylic acid groups (broad SMARTS) is 1. The molecule has 1 heterocycles. The van der Waals surface area contributed by atoms with Crippen LogP contribution in [0.25, 0.3) is 17.4 Å². The van der Waals surface area contributed by atoms with Crippen molar-refractivity contribution < 1.29 is 28.6 Å². The number of amides is 2. The highest BCUT2D eigenvalue weighted by molar-refractivity contribution is 8.25. The van der Waals surface area contributed by atoms with Crippen molar-refractivity contribution in [2.45, 2.75) is 51.1 Å². The lowest BCUT2D eigenvalue weighted by Crippen LogP contribution is -2.42. The fourth-order valence-corrected chi connectivity index (χ4v) is 7.45. The molecular weight excluding hydrogens is 585 g/mol. The molecule has 2 saturated carbocycles. The van der Waals surface area contributed by atoms with E-state index in [9.17, 15) is 19.5 Å². The van der Waals surface area contributed by atoms with Crippen LogP contribution in [0.15, 0.2) is 70.0 Å². The van der Waals surface area contributed by atoms with Crippen molar-refractivity contribution in [3.63, 3.8) is 0 Å². The lowest BCUT2D eigenvalue weighted by atomic mass is 9.95. The number of carbonyl (C=O) groups excluding carboxylic acids is 2. The Morgan fingerprint density at radius 2 is 1.95 bits per heavy atom. The van der Waals surface area contributed by atoms with Crippen molar-refractivity contribution in [2.75, 3.05) is 7.11 Å². The van der Waals surface area contributed by atoms with Crippen LogP contribution in [0.1, 0.15) is 54.3 Å². The molecule has 2 N–H and O–H groups in total. The van der Waals surface area contributed by atoms with Gasteiger partial charge in [-0.3, -0.25) is 14.5 Å². The largest absolute Gasteiger partial charge is 0.496 e. The van der Waals surface area contributed by atoms with Crippen LogP contribution in [0.3, 0.4) is 0 Å². The van der Waals surface area contributed by atoms with E-state index in [1.807, 2.05) is 49.4 Å². The van der Waals surface area contributed by atoms with Crippen molar-refractivity contribution in [1.29, 1.82) is 0 Å². The van der Waals surface area contributed by atoms with Crippen LogP contribution < -0.4 is 10.1 Å². The van der Waals surface area contributed by atoms with Gasteiger partial charge in [0.05, 0.1) is 12.7 Å². The fourth-order valence-electron chi connectivity index (χ4n) is 6.14. The molecule has 10 heteroatoms. The normalized spacial score (nSPS) is 20.0. The van der Waals surface area contributed by atoms with Gasteiger partial charge in [-0.25, -0.2) is 4.79 Å². The molecule has 4 atom stereocenters. The number of nitrogens with one attached hydrogen (secondary N) is 1. The predicted octanol–water partition coefficient (Wildman–Crippen LogP) is 6.41. The molecule has 0 aliphatic heterocycles. The van der Waals surface area contributed by atoms with Crippen LogP contribution in [0, 0.1) is 11.8 Å². The number of carbonyl (C=O) groups is 3. The van der Waals surface area contributed by atoms with E-state index < -0.39 is 17.9 Å². The van der Waals surface area contributed by atoms with Gasteiger partial charge in [0, 0.05) is 18.0 Å². The van der Waals surface area contributed by atoms with Gasteiger partial charge >= 0.3 is 5.97 Å². The van der Waals surface area contributed by atoms with E-state index in [0.717, 1.165) is 23.3 Å². The molecule has 0 saturated heterocycles. The van der Waals surface area contributed by atoms with Crippen molar-refractivity contribution >= 4 is 52.7 Å². The predicted molar refractivity (Wildman–Crippen MR) is 171 cm³/mol. The fraction of sp³-hybridized carbons (Fsp3) is 0.333. The first-order chi connectivity index (χ1) is 20.7. The Balaban J connectivity index is 1.28. The van der Waals surface area contributed by atoms with Crippen molar-refractivity contribution in [2.24, 2.45) is 11.8 Å². The average molecular weight is 619 g/mol. The number of carboxylic acids is 1. The first-order valence-electron chi connectivity index (χ1n) is 14.2. The average Bonchev–Trinajstić information content (AvgIpc) is 3.75. The van der Waals surface area contributed by atoms with Crippen molar-refractivity contribution in [3.8, 4) is 17.1 Å². The molecule has 1 aromatic heterocycles. The van der Waals surface area contributed by atoms with Crippen LogP contribution >= 0.6 is 24.0 Å². The van der Waals surface area contributed by atoms with Gasteiger partial charge in [0.15, 0.2) is 0 Å². The zero-order chi connectivity index (χ0) is 30.5. The third-order valence-corrected chi connectivity index (χ3v) is 9.50. The third kappa shape index (κ3) is 7.19. The molecule has 2 aromatic carbocycles. The van der Waals surface area contributed by atoms with Crippen molar-refractivity contribution in [3.05, 3.63) is 82.5 Å². The zero-order valence-corrected chi connectivity index (χ0v) is 25.7. The van der Waals surface area contributed by atoms with Gasteiger partial charge < -0.3 is 19.6 Å². The summed E-state index contributed by atoms with van der Waals surface area (Å²) in [5, 5.41) is 12.4. The van der Waals surface area contributed by atoms with Gasteiger partial charge in [-0.1, -0.05) is 60.7 Å². The number of fused-ring (bicyclic) bond motifs is 2. The van der Waals surface area contributed by atoms with Crippen LogP contribution in [0.2, 0.25) is 0 Å². The number of aliphatic carboxylic acids is 1. The Morgan fingerprint density at radius 3 is 2.60 bits per heavy atom. The molecule has 2 fully saturated rings. The highest BCUT2D eigenvalue weighted by Crippen LogP contribution is 2.47. The topological polar surface area (TPSA) is 109 Å². The number of allylic oxidation sites excluding steroid dienone is 1. The second-order valence-corrected chi connectivity index (χ2v) is 12.9. The monoisotopic (exact) mass is 618 g/mol. The second-order valence-electron chi connectivity index (χ2n) is 11.0. The smallest absolute Gasteiger partial charge is 0.326 e. The zero-order valence-electron chi connectivity index (χ0n) is 24.0. The summed E-state index contributed by atoms with van der Waals surface area (Å²) in [6.07, 6.45) is 7.52. The number of hydrogen-bond donors (Lipinski definition) is 2. The van der Waals surface area contributed by atoms with Crippen LogP contribution in [0.5, 0.6) is 5.75 Å². The standard InChI is InChI=1S/C33H34N2O6S2/c1-20(43-33(42)35(19-36)28-17-22-8-9-23(28)15-22)14-25-11-13-29(41-25)24-10-12-30(40-2)26(18-24)31(37)34-27(32(38)39)16-21-6-4-3-5-7-21/h3-7,10-14,18-19,22-23,27-28H,8-9,15-17H2,1-2H3,(H,34,37)(H,38,39). The van der Waals surface area contributed by atoms with Gasteiger partial charge in [0.25, 0.3) is 5.91 Å². The first kappa shape index (κ1) is 30.6. The molecule has 8 nitrogen and oxygen atoms in total. The molecule has 0 radical (unpaired) electrons. The van der Waals surface area contributed by atoms with Gasteiger partial charge in [0.2, 0.25) is 6.41 Å². The summed E-state index contributed by atoms with van der Waals surface area (Å²) < 4.78 is 12.0. The molecule has 224 valence electrons. The maximum absolute atomic E-state index is 13.2. The number of ether oxygens (including phenoxy) is 1. The van der Waals surface area contributed by atoms with E-state index in [0.29, 0.717) is 39.0 Å². The van der Waals surface area contributed by atoms with Crippen LogP contribution in [0.4, 0.5) is 0 Å². The molecule has 43 heavy (non-hydrogen) atoms. The third-order valence-electron chi connectivity index (χ3n) is 8.22. The van der Waals surface area contributed by atoms with Gasteiger partial charge in [-0.05, 0) is 84.9 Å². The minimum atomic E-state index is -1.13. The Labute approximate surface area is 260 Å². The molecule has 2 amide bonds. The summed E-state index contributed by atoms with van der Waals surface area (Å²) in [7, 11) is 1.45.